The summed E-state index contributed by atoms with van der Waals surface area (Å²) in [5, 5.41) is 0. The maximum atomic E-state index is 12.2. The highest BCUT2D eigenvalue weighted by molar-refractivity contribution is 5.81. The van der Waals surface area contributed by atoms with E-state index in [1.807, 2.05) is 0 Å². The molecule has 0 saturated carbocycles. The van der Waals surface area contributed by atoms with Crippen molar-refractivity contribution in [2.75, 3.05) is 12.3 Å². The molecule has 2 rings (SSSR count). The third-order valence-electron chi connectivity index (χ3n) is 4.17. The molecule has 25 heavy (non-hydrogen) atoms. The number of nitrogen functional groups attached to an aromatic ring is 1. The second kappa shape index (κ2) is 8.36. The van der Waals surface area contributed by atoms with Gasteiger partial charge in [-0.25, -0.2) is 4.79 Å². The fourth-order valence-electron chi connectivity index (χ4n) is 2.71. The fourth-order valence-corrected chi connectivity index (χ4v) is 2.71. The van der Waals surface area contributed by atoms with E-state index in [2.05, 4.69) is 42.6 Å². The van der Waals surface area contributed by atoms with Crippen molar-refractivity contribution in [1.82, 2.24) is 19.5 Å². The number of hydrogen-bond acceptors (Lipinski definition) is 5. The molecule has 0 amide bonds. The molecule has 0 aliphatic carbocycles. The molecule has 0 radical (unpaired) electrons. The van der Waals surface area contributed by atoms with Crippen LogP contribution >= 0.6 is 0 Å². The van der Waals surface area contributed by atoms with E-state index in [9.17, 15) is 4.79 Å². The van der Waals surface area contributed by atoms with Crippen molar-refractivity contribution < 1.29 is 4.74 Å². The Morgan fingerprint density at radius 2 is 1.92 bits per heavy atom. The molecule has 0 saturated heterocycles. The first-order chi connectivity index (χ1) is 11.8. The van der Waals surface area contributed by atoms with Crippen LogP contribution in [0.25, 0.3) is 11.2 Å². The van der Waals surface area contributed by atoms with E-state index in [1.54, 1.807) is 4.57 Å². The summed E-state index contributed by atoms with van der Waals surface area (Å²) < 4.78 is 7.18. The second-order valence-electron chi connectivity index (χ2n) is 7.75. The van der Waals surface area contributed by atoms with E-state index in [4.69, 9.17) is 10.5 Å². The van der Waals surface area contributed by atoms with E-state index in [0.29, 0.717) is 29.7 Å². The van der Waals surface area contributed by atoms with E-state index < -0.39 is 0 Å². The van der Waals surface area contributed by atoms with Crippen LogP contribution in [0.15, 0.2) is 4.79 Å². The number of rotatable bonds is 9. The van der Waals surface area contributed by atoms with Gasteiger partial charge in [-0.1, -0.05) is 47.0 Å². The van der Waals surface area contributed by atoms with Crippen molar-refractivity contribution in [3.8, 4) is 6.01 Å². The highest BCUT2D eigenvalue weighted by Gasteiger charge is 2.14. The molecular formula is C18H31N5O2. The van der Waals surface area contributed by atoms with Gasteiger partial charge >= 0.3 is 11.7 Å². The molecule has 140 valence electrons. The molecule has 0 aromatic carbocycles. The van der Waals surface area contributed by atoms with Crippen LogP contribution < -0.4 is 16.2 Å². The summed E-state index contributed by atoms with van der Waals surface area (Å²) in [4.78, 5) is 23.5. The van der Waals surface area contributed by atoms with Crippen LogP contribution in [-0.4, -0.2) is 26.1 Å². The molecule has 2 heterocycles. The molecule has 2 aromatic heterocycles. The zero-order chi connectivity index (χ0) is 18.4. The lowest BCUT2D eigenvalue weighted by atomic mass is 9.89. The number of H-pyrrole nitrogens is 1. The van der Waals surface area contributed by atoms with Crippen molar-refractivity contribution in [1.29, 1.82) is 0 Å². The minimum atomic E-state index is -0.197. The molecule has 0 spiro atoms. The summed E-state index contributed by atoms with van der Waals surface area (Å²) >= 11 is 0. The first-order valence-electron chi connectivity index (χ1n) is 9.20. The SMILES string of the molecule is CCCCOc1nc(N)c2[nH]c(=O)n(CCCCCC(C)(C)C)c2n1. The molecule has 2 aromatic rings. The molecule has 0 aliphatic heterocycles. The number of aromatic amines is 1. The van der Waals surface area contributed by atoms with Crippen LogP contribution in [-0.2, 0) is 6.54 Å². The molecule has 3 N–H and O–H groups in total. The number of anilines is 1. The minimum absolute atomic E-state index is 0.197. The van der Waals surface area contributed by atoms with Gasteiger partial charge in [-0.2, -0.15) is 9.97 Å². The number of imidazole rings is 1. The average molecular weight is 349 g/mol. The predicted molar refractivity (Wildman–Crippen MR) is 101 cm³/mol. The average Bonchev–Trinajstić information content (AvgIpc) is 2.83. The van der Waals surface area contributed by atoms with Gasteiger partial charge in [0.1, 0.15) is 5.52 Å². The zero-order valence-electron chi connectivity index (χ0n) is 15.9. The summed E-state index contributed by atoms with van der Waals surface area (Å²) in [5.74, 6) is 0.250. The zero-order valence-corrected chi connectivity index (χ0v) is 15.9. The largest absolute Gasteiger partial charge is 0.463 e. The standard InChI is InChI=1S/C18H31N5O2/c1-5-6-12-25-16-21-14(19)13-15(22-16)23(17(24)20-13)11-9-7-8-10-18(2,3)4/h5-12H2,1-4H3,(H,20,24)(H2,19,21,22). The highest BCUT2D eigenvalue weighted by atomic mass is 16.5. The lowest BCUT2D eigenvalue weighted by molar-refractivity contribution is 0.286. The van der Waals surface area contributed by atoms with Crippen molar-refractivity contribution >= 4 is 17.0 Å². The molecule has 0 fully saturated rings. The molecule has 7 nitrogen and oxygen atoms in total. The Morgan fingerprint density at radius 3 is 2.60 bits per heavy atom. The van der Waals surface area contributed by atoms with Gasteiger partial charge in [0.15, 0.2) is 11.5 Å². The number of nitrogens with two attached hydrogens (primary N) is 1. The Balaban J connectivity index is 2.08. The van der Waals surface area contributed by atoms with E-state index >= 15 is 0 Å². The molecule has 0 bridgehead atoms. The number of fused-ring (bicyclic) bond motifs is 1. The van der Waals surface area contributed by atoms with Gasteiger partial charge in [0.25, 0.3) is 0 Å². The molecule has 7 heteroatoms. The van der Waals surface area contributed by atoms with E-state index in [1.165, 1.54) is 6.42 Å². The fraction of sp³-hybridized carbons (Fsp3) is 0.722. The monoisotopic (exact) mass is 349 g/mol. The van der Waals surface area contributed by atoms with Crippen molar-refractivity contribution in [3.63, 3.8) is 0 Å². The number of nitrogens with zero attached hydrogens (tertiary/aromatic N) is 3. The highest BCUT2D eigenvalue weighted by Crippen LogP contribution is 2.22. The summed E-state index contributed by atoms with van der Waals surface area (Å²) in [6.07, 6.45) is 6.30. The maximum Gasteiger partial charge on any atom is 0.327 e. The molecule has 0 unspecified atom stereocenters. The Labute approximate surface area is 149 Å². The Morgan fingerprint density at radius 1 is 1.16 bits per heavy atom. The number of hydrogen-bond donors (Lipinski definition) is 2. The molecule has 0 atom stereocenters. The smallest absolute Gasteiger partial charge is 0.327 e. The van der Waals surface area contributed by atoms with Crippen molar-refractivity contribution in [3.05, 3.63) is 10.5 Å². The van der Waals surface area contributed by atoms with Crippen LogP contribution in [0.1, 0.15) is 66.2 Å². The van der Waals surface area contributed by atoms with Gasteiger partial charge in [0.2, 0.25) is 0 Å². The van der Waals surface area contributed by atoms with Gasteiger partial charge in [-0.15, -0.1) is 0 Å². The molecular weight excluding hydrogens is 318 g/mol. The lowest BCUT2D eigenvalue weighted by Gasteiger charge is -2.17. The van der Waals surface area contributed by atoms with Gasteiger partial charge in [-0.05, 0) is 24.7 Å². The van der Waals surface area contributed by atoms with Gasteiger partial charge < -0.3 is 15.5 Å². The topological polar surface area (TPSA) is 98.8 Å². The summed E-state index contributed by atoms with van der Waals surface area (Å²) in [6.45, 7) is 9.99. The van der Waals surface area contributed by atoms with Crippen LogP contribution in [0.4, 0.5) is 5.82 Å². The summed E-state index contributed by atoms with van der Waals surface area (Å²) in [7, 11) is 0. The number of aryl methyl sites for hydroxylation is 1. The van der Waals surface area contributed by atoms with E-state index in [0.717, 1.165) is 32.1 Å². The predicted octanol–water partition coefficient (Wildman–Crippen LogP) is 3.49. The lowest BCUT2D eigenvalue weighted by Crippen LogP contribution is -2.17. The van der Waals surface area contributed by atoms with Crippen LogP contribution in [0.5, 0.6) is 6.01 Å². The first-order valence-corrected chi connectivity index (χ1v) is 9.20. The third kappa shape index (κ3) is 5.47. The number of ether oxygens (including phenoxy) is 1. The first kappa shape index (κ1) is 19.3. The number of nitrogens with one attached hydrogen (secondary N) is 1. The Kier molecular flexibility index (Phi) is 6.45. The van der Waals surface area contributed by atoms with Crippen molar-refractivity contribution in [2.24, 2.45) is 5.41 Å². The van der Waals surface area contributed by atoms with E-state index in [-0.39, 0.29) is 17.5 Å². The summed E-state index contributed by atoms with van der Waals surface area (Å²) in [6, 6.07) is 0.235. The number of aromatic nitrogens is 4. The van der Waals surface area contributed by atoms with Crippen LogP contribution in [0.3, 0.4) is 0 Å². The maximum absolute atomic E-state index is 12.2. The van der Waals surface area contributed by atoms with Gasteiger partial charge in [0.05, 0.1) is 6.61 Å². The minimum Gasteiger partial charge on any atom is -0.463 e. The quantitative estimate of drug-likeness (QED) is 0.675. The second-order valence-corrected chi connectivity index (χ2v) is 7.75. The summed E-state index contributed by atoms with van der Waals surface area (Å²) in [5.41, 5.74) is 7.12. The Hall–Kier alpha value is -2.05. The van der Waals surface area contributed by atoms with Crippen LogP contribution in [0.2, 0.25) is 0 Å². The van der Waals surface area contributed by atoms with Gasteiger partial charge in [0, 0.05) is 6.54 Å². The Bertz CT molecular complexity index is 742. The van der Waals surface area contributed by atoms with Gasteiger partial charge in [-0.3, -0.25) is 4.57 Å². The number of unbranched alkanes of at least 4 members (excludes halogenated alkanes) is 3. The third-order valence-corrected chi connectivity index (χ3v) is 4.17. The van der Waals surface area contributed by atoms with Crippen molar-refractivity contribution in [2.45, 2.75) is 72.8 Å². The molecule has 0 aliphatic rings. The normalized spacial score (nSPS) is 12.0. The van der Waals surface area contributed by atoms with Crippen LogP contribution in [0, 0.1) is 5.41 Å².